The van der Waals surface area contributed by atoms with Crippen LogP contribution in [0.1, 0.15) is 5.56 Å². The number of fused-ring (bicyclic) bond motifs is 1. The molecule has 5 nitrogen and oxygen atoms in total. The summed E-state index contributed by atoms with van der Waals surface area (Å²) >= 11 is 0.873. The largest absolute Gasteiger partial charge is 0.468 e. The van der Waals surface area contributed by atoms with Crippen LogP contribution in [0.25, 0.3) is 11.0 Å². The van der Waals surface area contributed by atoms with E-state index in [1.54, 1.807) is 0 Å². The normalized spacial score (nSPS) is 11.8. The van der Waals surface area contributed by atoms with Crippen molar-refractivity contribution >= 4 is 28.8 Å². The van der Waals surface area contributed by atoms with E-state index in [9.17, 15) is 18.0 Å². The van der Waals surface area contributed by atoms with Gasteiger partial charge in [0.1, 0.15) is 0 Å². The molecule has 2 aromatic rings. The fourth-order valence-corrected chi connectivity index (χ4v) is 2.32. The molecule has 0 atom stereocenters. The van der Waals surface area contributed by atoms with Crippen molar-refractivity contribution in [1.82, 2.24) is 14.8 Å². The second-order valence-corrected chi connectivity index (χ2v) is 4.91. The summed E-state index contributed by atoms with van der Waals surface area (Å²) in [6.07, 6.45) is -3.25. The molecule has 0 N–H and O–H groups in total. The smallest absolute Gasteiger partial charge is 0.417 e. The molecule has 0 aliphatic carbocycles. The number of halogens is 3. The highest BCUT2D eigenvalue weighted by Crippen LogP contribution is 2.36. The Morgan fingerprint density at radius 2 is 2.20 bits per heavy atom. The lowest BCUT2D eigenvalue weighted by molar-refractivity contribution is -0.137. The first-order chi connectivity index (χ1) is 9.31. The molecule has 0 spiro atoms. The molecule has 0 aliphatic rings. The molecular formula is C11H10F3N3O2S. The van der Waals surface area contributed by atoms with Gasteiger partial charge in [0.2, 0.25) is 0 Å². The predicted molar refractivity (Wildman–Crippen MR) is 66.3 cm³/mol. The number of carbonyl (C=O) groups excluding carboxylic acids is 1. The molecule has 9 heteroatoms. The molecule has 20 heavy (non-hydrogen) atoms. The van der Waals surface area contributed by atoms with Gasteiger partial charge in [0, 0.05) is 13.2 Å². The van der Waals surface area contributed by atoms with Gasteiger partial charge in [0.05, 0.1) is 28.8 Å². The first-order valence-electron chi connectivity index (χ1n) is 5.42. The first kappa shape index (κ1) is 14.6. The van der Waals surface area contributed by atoms with Gasteiger partial charge in [-0.1, -0.05) is 11.8 Å². The van der Waals surface area contributed by atoms with Crippen LogP contribution in [0.5, 0.6) is 0 Å². The number of aryl methyl sites for hydroxylation is 1. The summed E-state index contributed by atoms with van der Waals surface area (Å²) < 4.78 is 44.7. The van der Waals surface area contributed by atoms with Crippen LogP contribution in [0.3, 0.4) is 0 Å². The Balaban J connectivity index is 2.44. The van der Waals surface area contributed by atoms with Gasteiger partial charge < -0.3 is 4.74 Å². The van der Waals surface area contributed by atoms with Crippen LogP contribution in [0, 0.1) is 0 Å². The molecule has 2 aromatic heterocycles. The molecule has 0 radical (unpaired) electrons. The number of hydrogen-bond donors (Lipinski definition) is 0. The minimum atomic E-state index is -4.51. The van der Waals surface area contributed by atoms with Crippen LogP contribution < -0.4 is 0 Å². The summed E-state index contributed by atoms with van der Waals surface area (Å²) in [7, 11) is 2.72. The van der Waals surface area contributed by atoms with Crippen molar-refractivity contribution in [1.29, 1.82) is 0 Å². The molecule has 0 aromatic carbocycles. The summed E-state index contributed by atoms with van der Waals surface area (Å²) in [5.74, 6) is -0.648. The molecule has 0 saturated carbocycles. The van der Waals surface area contributed by atoms with E-state index in [1.807, 2.05) is 0 Å². The van der Waals surface area contributed by atoms with Crippen LogP contribution in [0.2, 0.25) is 0 Å². The highest BCUT2D eigenvalue weighted by molar-refractivity contribution is 7.99. The standard InChI is InChI=1S/C11H10F3N3O2S/c1-17-4-6-7(11(12,13)14)3-8(15-10(6)16-17)20-5-9(18)19-2/h3-4H,5H2,1-2H3. The Kier molecular flexibility index (Phi) is 3.89. The number of ether oxygens (including phenoxy) is 1. The summed E-state index contributed by atoms with van der Waals surface area (Å²) in [6.45, 7) is 0. The third kappa shape index (κ3) is 3.03. The van der Waals surface area contributed by atoms with E-state index < -0.39 is 17.7 Å². The number of nitrogens with zero attached hydrogens (tertiary/aromatic N) is 3. The van der Waals surface area contributed by atoms with E-state index in [2.05, 4.69) is 14.8 Å². The number of hydrogen-bond acceptors (Lipinski definition) is 5. The molecule has 0 fully saturated rings. The Labute approximate surface area is 116 Å². The van der Waals surface area contributed by atoms with Crippen molar-refractivity contribution in [3.8, 4) is 0 Å². The van der Waals surface area contributed by atoms with Gasteiger partial charge in [0.25, 0.3) is 0 Å². The first-order valence-corrected chi connectivity index (χ1v) is 6.41. The van der Waals surface area contributed by atoms with Crippen molar-refractivity contribution in [2.45, 2.75) is 11.2 Å². The number of methoxy groups -OCH3 is 1. The third-order valence-corrected chi connectivity index (χ3v) is 3.34. The highest BCUT2D eigenvalue weighted by Gasteiger charge is 2.34. The average Bonchev–Trinajstić information content (AvgIpc) is 2.73. The summed E-state index contributed by atoms with van der Waals surface area (Å²) in [4.78, 5) is 15.0. The van der Waals surface area contributed by atoms with Crippen LogP contribution in [-0.4, -0.2) is 33.6 Å². The number of carbonyl (C=O) groups is 1. The summed E-state index contributed by atoms with van der Waals surface area (Å²) in [5.41, 5.74) is -0.822. The fraction of sp³-hybridized carbons (Fsp3) is 0.364. The van der Waals surface area contributed by atoms with Gasteiger partial charge in [-0.3, -0.25) is 9.48 Å². The second-order valence-electron chi connectivity index (χ2n) is 3.91. The minimum Gasteiger partial charge on any atom is -0.468 e. The van der Waals surface area contributed by atoms with Crippen molar-refractivity contribution < 1.29 is 22.7 Å². The van der Waals surface area contributed by atoms with Gasteiger partial charge in [-0.05, 0) is 6.07 Å². The number of pyridine rings is 1. The molecule has 2 heterocycles. The zero-order valence-corrected chi connectivity index (χ0v) is 11.4. The average molecular weight is 305 g/mol. The van der Waals surface area contributed by atoms with Crippen LogP contribution in [0.4, 0.5) is 13.2 Å². The maximum Gasteiger partial charge on any atom is 0.417 e. The summed E-state index contributed by atoms with van der Waals surface area (Å²) in [6, 6.07) is 0.914. The topological polar surface area (TPSA) is 57.0 Å². The zero-order chi connectivity index (χ0) is 14.9. The lowest BCUT2D eigenvalue weighted by Crippen LogP contribution is -2.07. The molecule has 0 unspecified atom stereocenters. The molecule has 0 amide bonds. The minimum absolute atomic E-state index is 0.00492. The predicted octanol–water partition coefficient (Wildman–Crippen LogP) is 2.25. The molecule has 0 aliphatic heterocycles. The Morgan fingerprint density at radius 1 is 1.50 bits per heavy atom. The number of rotatable bonds is 3. The maximum absolute atomic E-state index is 13.0. The Bertz CT molecular complexity index is 654. The lowest BCUT2D eigenvalue weighted by Gasteiger charge is -2.09. The molecule has 108 valence electrons. The van der Waals surface area contributed by atoms with Crippen molar-refractivity contribution in [3.63, 3.8) is 0 Å². The molecule has 0 bridgehead atoms. The number of thioether (sulfide) groups is 1. The van der Waals surface area contributed by atoms with E-state index in [1.165, 1.54) is 25.0 Å². The Hall–Kier alpha value is -1.77. The molecule has 2 rings (SSSR count). The van der Waals surface area contributed by atoms with E-state index in [4.69, 9.17) is 0 Å². The monoisotopic (exact) mass is 305 g/mol. The lowest BCUT2D eigenvalue weighted by atomic mass is 10.2. The van der Waals surface area contributed by atoms with Crippen molar-refractivity contribution in [3.05, 3.63) is 17.8 Å². The van der Waals surface area contributed by atoms with E-state index in [0.717, 1.165) is 17.8 Å². The van der Waals surface area contributed by atoms with Gasteiger partial charge in [0.15, 0.2) is 5.65 Å². The van der Waals surface area contributed by atoms with Gasteiger partial charge in [-0.2, -0.15) is 18.3 Å². The quantitative estimate of drug-likeness (QED) is 0.643. The van der Waals surface area contributed by atoms with Crippen molar-refractivity contribution in [2.24, 2.45) is 7.05 Å². The van der Waals surface area contributed by atoms with E-state index >= 15 is 0 Å². The number of aromatic nitrogens is 3. The second kappa shape index (κ2) is 5.31. The van der Waals surface area contributed by atoms with Crippen LogP contribution in [0.15, 0.2) is 17.3 Å². The number of alkyl halides is 3. The molecule has 0 saturated heterocycles. The maximum atomic E-state index is 13.0. The highest BCUT2D eigenvalue weighted by atomic mass is 32.2. The SMILES string of the molecule is COC(=O)CSc1cc(C(F)(F)F)c2cn(C)nc2n1. The third-order valence-electron chi connectivity index (χ3n) is 2.45. The van der Waals surface area contributed by atoms with Crippen molar-refractivity contribution in [2.75, 3.05) is 12.9 Å². The fourth-order valence-electron chi connectivity index (χ4n) is 1.59. The van der Waals surface area contributed by atoms with Gasteiger partial charge in [-0.15, -0.1) is 0 Å². The van der Waals surface area contributed by atoms with Crippen LogP contribution >= 0.6 is 11.8 Å². The summed E-state index contributed by atoms with van der Waals surface area (Å²) in [5, 5.41) is 3.88. The van der Waals surface area contributed by atoms with E-state index in [0.29, 0.717) is 0 Å². The van der Waals surface area contributed by atoms with E-state index in [-0.39, 0.29) is 21.8 Å². The van der Waals surface area contributed by atoms with Gasteiger partial charge >= 0.3 is 12.1 Å². The number of esters is 1. The molecular weight excluding hydrogens is 295 g/mol. The van der Waals surface area contributed by atoms with Gasteiger partial charge in [-0.25, -0.2) is 4.98 Å². The Morgan fingerprint density at radius 3 is 2.80 bits per heavy atom. The zero-order valence-electron chi connectivity index (χ0n) is 10.6. The van der Waals surface area contributed by atoms with Crippen LogP contribution in [-0.2, 0) is 22.8 Å².